The van der Waals surface area contributed by atoms with Gasteiger partial charge in [0.05, 0.1) is 13.2 Å². The van der Waals surface area contributed by atoms with Crippen molar-refractivity contribution in [1.82, 2.24) is 9.47 Å². The first-order chi connectivity index (χ1) is 12.1. The molecule has 0 spiro atoms. The standard InChI is InChI=1S/C19H22N2O4/c1-3-24-18(22)16-11-15-9-10-21(12-17(15)20(16)2)19(23)25-13-14-7-5-4-6-8-14/h4-8,11H,3,9-10,12-13H2,1-2H3. The molecule has 1 aromatic heterocycles. The predicted molar refractivity (Wildman–Crippen MR) is 92.1 cm³/mol. The summed E-state index contributed by atoms with van der Waals surface area (Å²) in [6.45, 7) is 3.38. The average molecular weight is 342 g/mol. The second-order valence-electron chi connectivity index (χ2n) is 5.99. The number of fused-ring (bicyclic) bond motifs is 1. The van der Waals surface area contributed by atoms with Crippen molar-refractivity contribution in [2.45, 2.75) is 26.5 Å². The first-order valence-electron chi connectivity index (χ1n) is 8.40. The van der Waals surface area contributed by atoms with Crippen molar-refractivity contribution >= 4 is 12.1 Å². The molecule has 132 valence electrons. The van der Waals surface area contributed by atoms with E-state index in [-0.39, 0.29) is 18.7 Å². The van der Waals surface area contributed by atoms with Gasteiger partial charge in [-0.1, -0.05) is 30.3 Å². The fourth-order valence-electron chi connectivity index (χ4n) is 3.01. The molecular formula is C19H22N2O4. The summed E-state index contributed by atoms with van der Waals surface area (Å²) >= 11 is 0. The van der Waals surface area contributed by atoms with Gasteiger partial charge < -0.3 is 18.9 Å². The Hall–Kier alpha value is -2.76. The minimum atomic E-state index is -0.339. The Balaban J connectivity index is 1.66. The van der Waals surface area contributed by atoms with Crippen molar-refractivity contribution in [3.63, 3.8) is 0 Å². The van der Waals surface area contributed by atoms with E-state index in [1.54, 1.807) is 11.8 Å². The maximum absolute atomic E-state index is 12.3. The lowest BCUT2D eigenvalue weighted by Gasteiger charge is -2.27. The zero-order chi connectivity index (χ0) is 17.8. The summed E-state index contributed by atoms with van der Waals surface area (Å²) in [6.07, 6.45) is 0.358. The van der Waals surface area contributed by atoms with Crippen molar-refractivity contribution in [2.75, 3.05) is 13.2 Å². The maximum atomic E-state index is 12.3. The lowest BCUT2D eigenvalue weighted by atomic mass is 10.1. The molecule has 0 saturated carbocycles. The smallest absolute Gasteiger partial charge is 0.410 e. The van der Waals surface area contributed by atoms with E-state index in [1.165, 1.54) is 0 Å². The topological polar surface area (TPSA) is 60.8 Å². The van der Waals surface area contributed by atoms with Gasteiger partial charge in [-0.3, -0.25) is 0 Å². The van der Waals surface area contributed by atoms with Gasteiger partial charge in [0.25, 0.3) is 0 Å². The van der Waals surface area contributed by atoms with Crippen LogP contribution in [0.2, 0.25) is 0 Å². The van der Waals surface area contributed by atoms with Crippen LogP contribution in [0, 0.1) is 0 Å². The molecule has 1 amide bonds. The predicted octanol–water partition coefficient (Wildman–Crippen LogP) is 2.90. The Morgan fingerprint density at radius 1 is 1.16 bits per heavy atom. The van der Waals surface area contributed by atoms with Gasteiger partial charge in [-0.25, -0.2) is 9.59 Å². The number of carbonyl (C=O) groups excluding carboxylic acids is 2. The number of ether oxygens (including phenoxy) is 2. The molecule has 0 unspecified atom stereocenters. The van der Waals surface area contributed by atoms with Crippen molar-refractivity contribution in [1.29, 1.82) is 0 Å². The van der Waals surface area contributed by atoms with E-state index in [0.29, 0.717) is 31.8 Å². The van der Waals surface area contributed by atoms with E-state index < -0.39 is 0 Å². The zero-order valence-corrected chi connectivity index (χ0v) is 14.5. The molecule has 0 fully saturated rings. The molecule has 3 rings (SSSR count). The third-order valence-electron chi connectivity index (χ3n) is 4.39. The second-order valence-corrected chi connectivity index (χ2v) is 5.99. The van der Waals surface area contributed by atoms with Crippen LogP contribution in [0.15, 0.2) is 36.4 Å². The summed E-state index contributed by atoms with van der Waals surface area (Å²) in [7, 11) is 1.82. The highest BCUT2D eigenvalue weighted by Crippen LogP contribution is 2.23. The quantitative estimate of drug-likeness (QED) is 0.802. The van der Waals surface area contributed by atoms with Crippen LogP contribution in [0.1, 0.15) is 34.2 Å². The average Bonchev–Trinajstić information content (AvgIpc) is 2.97. The number of amides is 1. The summed E-state index contributed by atoms with van der Waals surface area (Å²) in [5.41, 5.74) is 3.51. The van der Waals surface area contributed by atoms with Crippen LogP contribution < -0.4 is 0 Å². The summed E-state index contributed by atoms with van der Waals surface area (Å²) in [6, 6.07) is 11.5. The van der Waals surface area contributed by atoms with Gasteiger partial charge in [0, 0.05) is 19.3 Å². The number of hydrogen-bond donors (Lipinski definition) is 0. The highest BCUT2D eigenvalue weighted by Gasteiger charge is 2.27. The normalized spacial score (nSPS) is 13.3. The molecule has 0 bridgehead atoms. The van der Waals surface area contributed by atoms with E-state index in [0.717, 1.165) is 16.8 Å². The number of rotatable bonds is 4. The van der Waals surface area contributed by atoms with Crippen LogP contribution in [-0.4, -0.2) is 34.7 Å². The lowest BCUT2D eigenvalue weighted by Crippen LogP contribution is -2.36. The second kappa shape index (κ2) is 7.42. The molecule has 0 atom stereocenters. The third-order valence-corrected chi connectivity index (χ3v) is 4.39. The number of hydrogen-bond acceptors (Lipinski definition) is 4. The number of aromatic nitrogens is 1. The Bertz CT molecular complexity index is 767. The molecule has 0 radical (unpaired) electrons. The van der Waals surface area contributed by atoms with Crippen LogP contribution in [0.3, 0.4) is 0 Å². The van der Waals surface area contributed by atoms with Crippen LogP contribution in [0.4, 0.5) is 4.79 Å². The van der Waals surface area contributed by atoms with Crippen LogP contribution in [0.25, 0.3) is 0 Å². The Morgan fingerprint density at radius 2 is 1.92 bits per heavy atom. The zero-order valence-electron chi connectivity index (χ0n) is 14.5. The Labute approximate surface area is 146 Å². The minimum Gasteiger partial charge on any atom is -0.461 e. The SMILES string of the molecule is CCOC(=O)c1cc2c(n1C)CN(C(=O)OCc1ccccc1)CC2. The molecule has 25 heavy (non-hydrogen) atoms. The first kappa shape index (κ1) is 17.1. The summed E-state index contributed by atoms with van der Waals surface area (Å²) in [4.78, 5) is 26.0. The first-order valence-corrected chi connectivity index (χ1v) is 8.40. The molecule has 6 nitrogen and oxygen atoms in total. The molecule has 0 N–H and O–H groups in total. The summed E-state index contributed by atoms with van der Waals surface area (Å²) < 4.78 is 12.3. The van der Waals surface area contributed by atoms with Gasteiger partial charge in [0.15, 0.2) is 0 Å². The van der Waals surface area contributed by atoms with Crippen LogP contribution in [-0.2, 0) is 36.1 Å². The van der Waals surface area contributed by atoms with E-state index in [4.69, 9.17) is 9.47 Å². The van der Waals surface area contributed by atoms with Crippen molar-refractivity contribution in [2.24, 2.45) is 7.05 Å². The fraction of sp³-hybridized carbons (Fsp3) is 0.368. The maximum Gasteiger partial charge on any atom is 0.410 e. The van der Waals surface area contributed by atoms with Crippen molar-refractivity contribution in [3.05, 3.63) is 58.9 Å². The van der Waals surface area contributed by atoms with E-state index in [1.807, 2.05) is 48.0 Å². The number of esters is 1. The van der Waals surface area contributed by atoms with Gasteiger partial charge >= 0.3 is 12.1 Å². The highest BCUT2D eigenvalue weighted by atomic mass is 16.6. The molecule has 6 heteroatoms. The summed E-state index contributed by atoms with van der Waals surface area (Å²) in [5.74, 6) is -0.336. The number of benzene rings is 1. The fourth-order valence-corrected chi connectivity index (χ4v) is 3.01. The summed E-state index contributed by atoms with van der Waals surface area (Å²) in [5, 5.41) is 0. The molecule has 1 aliphatic rings. The molecular weight excluding hydrogens is 320 g/mol. The van der Waals surface area contributed by atoms with Crippen molar-refractivity contribution < 1.29 is 19.1 Å². The lowest BCUT2D eigenvalue weighted by molar-refractivity contribution is 0.0515. The molecule has 0 saturated heterocycles. The largest absolute Gasteiger partial charge is 0.461 e. The third kappa shape index (κ3) is 3.68. The minimum absolute atomic E-state index is 0.254. The molecule has 1 aromatic carbocycles. The van der Waals surface area contributed by atoms with Crippen LogP contribution in [0.5, 0.6) is 0 Å². The van der Waals surface area contributed by atoms with Crippen molar-refractivity contribution in [3.8, 4) is 0 Å². The Morgan fingerprint density at radius 3 is 2.64 bits per heavy atom. The van der Waals surface area contributed by atoms with E-state index >= 15 is 0 Å². The van der Waals surface area contributed by atoms with Gasteiger partial charge in [0.2, 0.25) is 0 Å². The molecule has 2 heterocycles. The van der Waals surface area contributed by atoms with Gasteiger partial charge in [-0.15, -0.1) is 0 Å². The van der Waals surface area contributed by atoms with Gasteiger partial charge in [-0.05, 0) is 30.5 Å². The number of carbonyl (C=O) groups is 2. The molecule has 0 aliphatic carbocycles. The number of nitrogens with zero attached hydrogens (tertiary/aromatic N) is 2. The Kier molecular flexibility index (Phi) is 5.07. The van der Waals surface area contributed by atoms with E-state index in [2.05, 4.69) is 0 Å². The van der Waals surface area contributed by atoms with E-state index in [9.17, 15) is 9.59 Å². The molecule has 2 aromatic rings. The van der Waals surface area contributed by atoms with Crippen LogP contribution >= 0.6 is 0 Å². The van der Waals surface area contributed by atoms with Gasteiger partial charge in [0.1, 0.15) is 12.3 Å². The monoisotopic (exact) mass is 342 g/mol. The highest BCUT2D eigenvalue weighted by molar-refractivity contribution is 5.88. The molecule has 1 aliphatic heterocycles. The van der Waals surface area contributed by atoms with Gasteiger partial charge in [-0.2, -0.15) is 0 Å².